The lowest BCUT2D eigenvalue weighted by Gasteiger charge is -2.12. The number of ether oxygens (including phenoxy) is 2. The molecule has 0 amide bonds. The predicted octanol–water partition coefficient (Wildman–Crippen LogP) is 2.83. The minimum absolute atomic E-state index is 0.0629. The van der Waals surface area contributed by atoms with Gasteiger partial charge in [0, 0.05) is 13.2 Å². The summed E-state index contributed by atoms with van der Waals surface area (Å²) in [5.74, 6) is 5.80. The first-order valence-electron chi connectivity index (χ1n) is 5.17. The van der Waals surface area contributed by atoms with Gasteiger partial charge in [0.25, 0.3) is 0 Å². The number of methoxy groups -OCH3 is 1. The molecule has 4 heteroatoms. The van der Waals surface area contributed by atoms with Crippen LogP contribution < -0.4 is 4.74 Å². The van der Waals surface area contributed by atoms with Crippen LogP contribution in [-0.4, -0.2) is 25.7 Å². The van der Waals surface area contributed by atoms with Crippen LogP contribution in [0.2, 0.25) is 0 Å². The van der Waals surface area contributed by atoms with E-state index < -0.39 is 0 Å². The molecular weight excluding hydrogens is 243 g/mol. The standard InChI is InChI=1S/C13H14ClFO2/c1-10(16-2)9-17-13-8-12(15)6-5-11(13)4-3-7-14/h5-6,8,10H,7,9H2,1-2H3. The Balaban J connectivity index is 2.83. The van der Waals surface area contributed by atoms with Gasteiger partial charge in [-0.05, 0) is 19.1 Å². The van der Waals surface area contributed by atoms with E-state index in [1.807, 2.05) is 6.92 Å². The topological polar surface area (TPSA) is 18.5 Å². The van der Waals surface area contributed by atoms with Crippen LogP contribution in [0.25, 0.3) is 0 Å². The van der Waals surface area contributed by atoms with Gasteiger partial charge in [-0.25, -0.2) is 4.39 Å². The maximum absolute atomic E-state index is 13.1. The fourth-order valence-corrected chi connectivity index (χ4v) is 1.19. The van der Waals surface area contributed by atoms with Gasteiger partial charge in [-0.15, -0.1) is 11.6 Å². The summed E-state index contributed by atoms with van der Waals surface area (Å²) in [6.45, 7) is 2.21. The monoisotopic (exact) mass is 256 g/mol. The van der Waals surface area contributed by atoms with Gasteiger partial charge in [-0.1, -0.05) is 11.8 Å². The molecule has 2 nitrogen and oxygen atoms in total. The SMILES string of the molecule is COC(C)COc1cc(F)ccc1C#CCCl. The lowest BCUT2D eigenvalue weighted by molar-refractivity contribution is 0.0714. The molecule has 1 atom stereocenters. The number of rotatable bonds is 4. The highest BCUT2D eigenvalue weighted by Crippen LogP contribution is 2.19. The first kappa shape index (κ1) is 13.8. The number of benzene rings is 1. The zero-order chi connectivity index (χ0) is 12.7. The van der Waals surface area contributed by atoms with E-state index in [0.29, 0.717) is 17.9 Å². The second-order valence-corrected chi connectivity index (χ2v) is 3.70. The molecule has 1 aromatic rings. The van der Waals surface area contributed by atoms with Crippen molar-refractivity contribution in [1.82, 2.24) is 0 Å². The third-order valence-electron chi connectivity index (χ3n) is 2.11. The van der Waals surface area contributed by atoms with Gasteiger partial charge >= 0.3 is 0 Å². The third-order valence-corrected chi connectivity index (χ3v) is 2.24. The summed E-state index contributed by atoms with van der Waals surface area (Å²) in [6.07, 6.45) is -0.0629. The molecule has 0 spiro atoms. The summed E-state index contributed by atoms with van der Waals surface area (Å²) < 4.78 is 23.6. The van der Waals surface area contributed by atoms with Crippen LogP contribution in [0.3, 0.4) is 0 Å². The van der Waals surface area contributed by atoms with Gasteiger partial charge in [0.1, 0.15) is 18.2 Å². The molecule has 0 heterocycles. The van der Waals surface area contributed by atoms with E-state index >= 15 is 0 Å². The minimum Gasteiger partial charge on any atom is -0.489 e. The zero-order valence-electron chi connectivity index (χ0n) is 9.80. The molecule has 0 aliphatic rings. The fourth-order valence-electron chi connectivity index (χ4n) is 1.12. The van der Waals surface area contributed by atoms with Crippen LogP contribution in [0, 0.1) is 17.7 Å². The molecule has 0 bridgehead atoms. The van der Waals surface area contributed by atoms with Crippen molar-refractivity contribution in [1.29, 1.82) is 0 Å². The van der Waals surface area contributed by atoms with Crippen molar-refractivity contribution in [2.24, 2.45) is 0 Å². The molecule has 92 valence electrons. The summed E-state index contributed by atoms with van der Waals surface area (Å²) in [5, 5.41) is 0. The average molecular weight is 257 g/mol. The van der Waals surface area contributed by atoms with Gasteiger partial charge in [-0.3, -0.25) is 0 Å². The molecule has 0 radical (unpaired) electrons. The Kier molecular flexibility index (Phi) is 5.82. The van der Waals surface area contributed by atoms with Crippen molar-refractivity contribution in [3.8, 4) is 17.6 Å². The van der Waals surface area contributed by atoms with E-state index in [2.05, 4.69) is 11.8 Å². The highest BCUT2D eigenvalue weighted by molar-refractivity contribution is 6.19. The lowest BCUT2D eigenvalue weighted by atomic mass is 10.2. The molecule has 0 N–H and O–H groups in total. The largest absolute Gasteiger partial charge is 0.489 e. The Morgan fingerprint density at radius 2 is 2.24 bits per heavy atom. The third kappa shape index (κ3) is 4.64. The van der Waals surface area contributed by atoms with Crippen molar-refractivity contribution in [3.63, 3.8) is 0 Å². The molecular formula is C13H14ClFO2. The van der Waals surface area contributed by atoms with E-state index in [0.717, 1.165) is 0 Å². The van der Waals surface area contributed by atoms with E-state index in [9.17, 15) is 4.39 Å². The van der Waals surface area contributed by atoms with Gasteiger partial charge in [0.05, 0.1) is 17.5 Å². The summed E-state index contributed by atoms with van der Waals surface area (Å²) in [5.41, 5.74) is 0.621. The molecule has 1 rings (SSSR count). The molecule has 1 unspecified atom stereocenters. The normalized spacial score (nSPS) is 11.5. The molecule has 1 aromatic carbocycles. The maximum atomic E-state index is 13.1. The van der Waals surface area contributed by atoms with Crippen LogP contribution in [0.5, 0.6) is 5.75 Å². The van der Waals surface area contributed by atoms with Crippen LogP contribution in [-0.2, 0) is 4.74 Å². The van der Waals surface area contributed by atoms with Gasteiger partial charge in [0.15, 0.2) is 0 Å². The van der Waals surface area contributed by atoms with Crippen LogP contribution in [0.4, 0.5) is 4.39 Å². The lowest BCUT2D eigenvalue weighted by Crippen LogP contribution is -2.16. The molecule has 0 aliphatic heterocycles. The first-order valence-corrected chi connectivity index (χ1v) is 5.70. The number of halogens is 2. The number of hydrogen-bond donors (Lipinski definition) is 0. The van der Waals surface area contributed by atoms with Crippen molar-refractivity contribution >= 4 is 11.6 Å². The second-order valence-electron chi connectivity index (χ2n) is 3.43. The quantitative estimate of drug-likeness (QED) is 0.609. The molecule has 17 heavy (non-hydrogen) atoms. The summed E-state index contributed by atoms with van der Waals surface area (Å²) in [4.78, 5) is 0. The Morgan fingerprint density at radius 3 is 2.88 bits per heavy atom. The molecule has 0 saturated carbocycles. The Labute approximate surface area is 106 Å². The fraction of sp³-hybridized carbons (Fsp3) is 0.385. The van der Waals surface area contributed by atoms with E-state index in [-0.39, 0.29) is 17.8 Å². The first-order chi connectivity index (χ1) is 8.17. The van der Waals surface area contributed by atoms with Crippen LogP contribution in [0.1, 0.15) is 12.5 Å². The summed E-state index contributed by atoms with van der Waals surface area (Å²) in [6, 6.07) is 4.22. The van der Waals surface area contributed by atoms with Gasteiger partial charge in [0.2, 0.25) is 0 Å². The van der Waals surface area contributed by atoms with Crippen molar-refractivity contribution in [2.45, 2.75) is 13.0 Å². The van der Waals surface area contributed by atoms with Crippen molar-refractivity contribution < 1.29 is 13.9 Å². The van der Waals surface area contributed by atoms with Crippen LogP contribution >= 0.6 is 11.6 Å². The van der Waals surface area contributed by atoms with E-state index in [1.165, 1.54) is 12.1 Å². The maximum Gasteiger partial charge on any atom is 0.137 e. The molecule has 0 aromatic heterocycles. The summed E-state index contributed by atoms with van der Waals surface area (Å²) >= 11 is 5.48. The van der Waals surface area contributed by atoms with Crippen molar-refractivity contribution in [3.05, 3.63) is 29.6 Å². The predicted molar refractivity (Wildman–Crippen MR) is 66.0 cm³/mol. The van der Waals surface area contributed by atoms with Gasteiger partial charge < -0.3 is 9.47 Å². The molecule has 0 aliphatic carbocycles. The zero-order valence-corrected chi connectivity index (χ0v) is 10.6. The smallest absolute Gasteiger partial charge is 0.137 e. The Hall–Kier alpha value is -1.24. The van der Waals surface area contributed by atoms with E-state index in [4.69, 9.17) is 21.1 Å². The molecule has 0 saturated heterocycles. The van der Waals surface area contributed by atoms with Crippen LogP contribution in [0.15, 0.2) is 18.2 Å². The van der Waals surface area contributed by atoms with E-state index in [1.54, 1.807) is 13.2 Å². The second kappa shape index (κ2) is 7.16. The highest BCUT2D eigenvalue weighted by Gasteiger charge is 2.06. The number of hydrogen-bond acceptors (Lipinski definition) is 2. The average Bonchev–Trinajstić information content (AvgIpc) is 2.34. The van der Waals surface area contributed by atoms with Gasteiger partial charge in [-0.2, -0.15) is 0 Å². The summed E-state index contributed by atoms with van der Waals surface area (Å²) in [7, 11) is 1.59. The Bertz CT molecular complexity index is 423. The Morgan fingerprint density at radius 1 is 1.47 bits per heavy atom. The highest BCUT2D eigenvalue weighted by atomic mass is 35.5. The number of alkyl halides is 1. The minimum atomic E-state index is -0.360. The molecule has 0 fully saturated rings. The van der Waals surface area contributed by atoms with Crippen molar-refractivity contribution in [2.75, 3.05) is 19.6 Å².